The first-order valence-corrected chi connectivity index (χ1v) is 9.79. The Hall–Kier alpha value is -3.21. The van der Waals surface area contributed by atoms with Gasteiger partial charge in [-0.2, -0.15) is 0 Å². The average Bonchev–Trinajstić information content (AvgIpc) is 3.18. The number of aromatic nitrogens is 4. The molecule has 0 unspecified atom stereocenters. The van der Waals surface area contributed by atoms with Gasteiger partial charge in [-0.3, -0.25) is 4.40 Å². The van der Waals surface area contributed by atoms with Crippen molar-refractivity contribution in [2.45, 2.75) is 0 Å². The molecule has 0 aliphatic heterocycles. The first-order valence-electron chi connectivity index (χ1n) is 9.03. The van der Waals surface area contributed by atoms with E-state index in [1.54, 1.807) is 12.1 Å². The summed E-state index contributed by atoms with van der Waals surface area (Å²) in [6.45, 7) is 0. The molecule has 0 aliphatic carbocycles. The molecule has 140 valence electrons. The third-order valence-electron chi connectivity index (χ3n) is 4.69. The minimum Gasteiger partial charge on any atom is -0.259 e. The lowest BCUT2D eigenvalue weighted by molar-refractivity contribution is 1.10. The van der Waals surface area contributed by atoms with Gasteiger partial charge in [-0.25, -0.2) is 4.98 Å². The minimum atomic E-state index is 0.506. The standard InChI is InChI=1S/C23H14Cl2N4/c24-17-11-12-18(19(25)13-17)22-27-28-23-26-20(15-7-3-1-4-8-15)14-21(29(22)23)16-9-5-2-6-10-16/h1-14H. The summed E-state index contributed by atoms with van der Waals surface area (Å²) in [5.41, 5.74) is 4.55. The molecule has 0 spiro atoms. The van der Waals surface area contributed by atoms with Crippen molar-refractivity contribution in [3.8, 4) is 33.9 Å². The van der Waals surface area contributed by atoms with Gasteiger partial charge in [0.15, 0.2) is 5.82 Å². The van der Waals surface area contributed by atoms with E-state index in [0.717, 1.165) is 28.1 Å². The second kappa shape index (κ2) is 7.32. The van der Waals surface area contributed by atoms with E-state index in [4.69, 9.17) is 28.2 Å². The summed E-state index contributed by atoms with van der Waals surface area (Å²) in [5, 5.41) is 9.82. The maximum atomic E-state index is 6.46. The molecule has 0 bridgehead atoms. The second-order valence-corrected chi connectivity index (χ2v) is 7.39. The maximum Gasteiger partial charge on any atom is 0.256 e. The van der Waals surface area contributed by atoms with Gasteiger partial charge in [0.1, 0.15) is 0 Å². The van der Waals surface area contributed by atoms with Gasteiger partial charge in [-0.1, -0.05) is 83.9 Å². The zero-order chi connectivity index (χ0) is 19.8. The number of hydrogen-bond donors (Lipinski definition) is 0. The van der Waals surface area contributed by atoms with Crippen molar-refractivity contribution in [1.29, 1.82) is 0 Å². The van der Waals surface area contributed by atoms with Crippen LogP contribution in [0.3, 0.4) is 0 Å². The van der Waals surface area contributed by atoms with Crippen LogP contribution < -0.4 is 0 Å². The maximum absolute atomic E-state index is 6.46. The highest BCUT2D eigenvalue weighted by molar-refractivity contribution is 6.36. The SMILES string of the molecule is Clc1ccc(-c2nnc3nc(-c4ccccc4)cc(-c4ccccc4)n23)c(Cl)c1. The first kappa shape index (κ1) is 17.9. The molecule has 3 aromatic carbocycles. The monoisotopic (exact) mass is 416 g/mol. The first-order chi connectivity index (χ1) is 14.2. The number of fused-ring (bicyclic) bond motifs is 1. The van der Waals surface area contributed by atoms with E-state index in [1.165, 1.54) is 0 Å². The molecule has 5 rings (SSSR count). The Morgan fingerprint density at radius 2 is 1.38 bits per heavy atom. The van der Waals surface area contributed by atoms with E-state index in [0.29, 0.717) is 21.6 Å². The third-order valence-corrected chi connectivity index (χ3v) is 5.24. The van der Waals surface area contributed by atoms with E-state index >= 15 is 0 Å². The zero-order valence-electron chi connectivity index (χ0n) is 15.1. The molecule has 2 aromatic heterocycles. The Morgan fingerprint density at radius 1 is 0.690 bits per heavy atom. The highest BCUT2D eigenvalue weighted by Crippen LogP contribution is 2.33. The van der Waals surface area contributed by atoms with E-state index in [-0.39, 0.29) is 0 Å². The highest BCUT2D eigenvalue weighted by Gasteiger charge is 2.18. The van der Waals surface area contributed by atoms with Crippen LogP contribution >= 0.6 is 23.2 Å². The topological polar surface area (TPSA) is 43.1 Å². The van der Waals surface area contributed by atoms with E-state index in [2.05, 4.69) is 22.3 Å². The Bertz CT molecular complexity index is 1320. The van der Waals surface area contributed by atoms with Crippen LogP contribution in [0.15, 0.2) is 84.9 Å². The summed E-state index contributed by atoms with van der Waals surface area (Å²) in [6, 6.07) is 27.5. The fourth-order valence-corrected chi connectivity index (χ4v) is 3.82. The van der Waals surface area contributed by atoms with Crippen molar-refractivity contribution >= 4 is 29.0 Å². The van der Waals surface area contributed by atoms with Gasteiger partial charge in [-0.05, 0) is 29.8 Å². The van der Waals surface area contributed by atoms with Crippen LogP contribution in [-0.4, -0.2) is 19.6 Å². The fraction of sp³-hybridized carbons (Fsp3) is 0. The third kappa shape index (κ3) is 3.27. The molecule has 0 N–H and O–H groups in total. The number of rotatable bonds is 3. The number of hydrogen-bond acceptors (Lipinski definition) is 3. The van der Waals surface area contributed by atoms with Crippen molar-refractivity contribution < 1.29 is 0 Å². The van der Waals surface area contributed by atoms with Crippen molar-refractivity contribution in [2.75, 3.05) is 0 Å². The summed E-state index contributed by atoms with van der Waals surface area (Å²) in [5.74, 6) is 1.12. The van der Waals surface area contributed by atoms with Crippen molar-refractivity contribution in [3.63, 3.8) is 0 Å². The zero-order valence-corrected chi connectivity index (χ0v) is 16.6. The molecule has 4 nitrogen and oxygen atoms in total. The van der Waals surface area contributed by atoms with Gasteiger partial charge in [0.05, 0.1) is 16.4 Å². The van der Waals surface area contributed by atoms with Gasteiger partial charge in [0.25, 0.3) is 5.78 Å². The summed E-state index contributed by atoms with van der Waals surface area (Å²) in [4.78, 5) is 4.75. The lowest BCUT2D eigenvalue weighted by Crippen LogP contribution is -1.99. The van der Waals surface area contributed by atoms with Crippen LogP contribution in [0, 0.1) is 0 Å². The lowest BCUT2D eigenvalue weighted by Gasteiger charge is -2.11. The second-order valence-electron chi connectivity index (χ2n) is 6.54. The Kier molecular flexibility index (Phi) is 4.51. The van der Waals surface area contributed by atoms with Crippen molar-refractivity contribution in [3.05, 3.63) is 95.0 Å². The molecular weight excluding hydrogens is 403 g/mol. The summed E-state index contributed by atoms with van der Waals surface area (Å²) >= 11 is 12.5. The molecule has 0 radical (unpaired) electrons. The Morgan fingerprint density at radius 3 is 2.07 bits per heavy atom. The van der Waals surface area contributed by atoms with Gasteiger partial charge in [0.2, 0.25) is 0 Å². The van der Waals surface area contributed by atoms with E-state index in [9.17, 15) is 0 Å². The molecular formula is C23H14Cl2N4. The summed E-state index contributed by atoms with van der Waals surface area (Å²) in [7, 11) is 0. The molecule has 0 fully saturated rings. The highest BCUT2D eigenvalue weighted by atomic mass is 35.5. The van der Waals surface area contributed by atoms with Crippen LogP contribution in [0.1, 0.15) is 0 Å². The minimum absolute atomic E-state index is 0.506. The molecule has 0 atom stereocenters. The van der Waals surface area contributed by atoms with Gasteiger partial charge < -0.3 is 0 Å². The quantitative estimate of drug-likeness (QED) is 0.340. The normalized spacial score (nSPS) is 11.1. The van der Waals surface area contributed by atoms with Crippen LogP contribution in [0.5, 0.6) is 0 Å². The van der Waals surface area contributed by atoms with Crippen molar-refractivity contribution in [1.82, 2.24) is 19.6 Å². The molecule has 0 aliphatic rings. The molecule has 0 amide bonds. The van der Waals surface area contributed by atoms with Crippen LogP contribution in [-0.2, 0) is 0 Å². The molecule has 5 aromatic rings. The van der Waals surface area contributed by atoms with Gasteiger partial charge >= 0.3 is 0 Å². The lowest BCUT2D eigenvalue weighted by atomic mass is 10.1. The molecule has 2 heterocycles. The number of benzene rings is 3. The molecule has 0 saturated carbocycles. The largest absolute Gasteiger partial charge is 0.259 e. The summed E-state index contributed by atoms with van der Waals surface area (Å²) in [6.07, 6.45) is 0. The van der Waals surface area contributed by atoms with Crippen LogP contribution in [0.2, 0.25) is 10.0 Å². The van der Waals surface area contributed by atoms with Crippen LogP contribution in [0.4, 0.5) is 0 Å². The number of nitrogens with zero attached hydrogens (tertiary/aromatic N) is 4. The molecule has 29 heavy (non-hydrogen) atoms. The predicted molar refractivity (Wildman–Crippen MR) is 117 cm³/mol. The van der Waals surface area contributed by atoms with E-state index in [1.807, 2.05) is 65.1 Å². The van der Waals surface area contributed by atoms with Gasteiger partial charge in [0, 0.05) is 16.1 Å². The fourth-order valence-electron chi connectivity index (χ4n) is 3.33. The number of halogens is 2. The smallest absolute Gasteiger partial charge is 0.256 e. The Labute approximate surface area is 177 Å². The molecule has 0 saturated heterocycles. The average molecular weight is 417 g/mol. The molecule has 6 heteroatoms. The summed E-state index contributed by atoms with van der Waals surface area (Å²) < 4.78 is 1.93. The van der Waals surface area contributed by atoms with E-state index < -0.39 is 0 Å². The van der Waals surface area contributed by atoms with Crippen LogP contribution in [0.25, 0.3) is 39.7 Å². The van der Waals surface area contributed by atoms with Gasteiger partial charge in [-0.15, -0.1) is 10.2 Å². The predicted octanol–water partition coefficient (Wildman–Crippen LogP) is 6.43. The Balaban J connectivity index is 1.82. The van der Waals surface area contributed by atoms with Crippen molar-refractivity contribution in [2.24, 2.45) is 0 Å².